The summed E-state index contributed by atoms with van der Waals surface area (Å²) in [7, 11) is 1.61. The Labute approximate surface area is 243 Å². The molecule has 0 saturated heterocycles. The second kappa shape index (κ2) is 11.6. The molecule has 0 unspecified atom stereocenters. The van der Waals surface area contributed by atoms with Gasteiger partial charge in [-0.3, -0.25) is 18.8 Å². The molecule has 216 valence electrons. The van der Waals surface area contributed by atoms with E-state index in [9.17, 15) is 14.7 Å². The van der Waals surface area contributed by atoms with Crippen LogP contribution in [0.4, 0.5) is 4.39 Å². The standard InChI is InChI=1S/C33H34FN5O3/c1-6-22-10-8-11-23(7-2)29(22)39-30(28-15-17-38(36-28)20(3)4)35-31(40)26(33(39)42)18-21-13-14-24(27(34)19-21)25-12-9-16-37(5)32(25)41/h8-17,19-20,42H,6-7,18H2,1-5H3. The van der Waals surface area contributed by atoms with Crippen molar-refractivity contribution in [1.29, 1.82) is 0 Å². The molecule has 0 aliphatic rings. The van der Waals surface area contributed by atoms with Gasteiger partial charge in [-0.1, -0.05) is 44.2 Å². The Hall–Kier alpha value is -4.79. The summed E-state index contributed by atoms with van der Waals surface area (Å²) in [5.41, 5.74) is 3.14. The van der Waals surface area contributed by atoms with Crippen LogP contribution >= 0.6 is 0 Å². The van der Waals surface area contributed by atoms with Gasteiger partial charge in [-0.15, -0.1) is 0 Å². The molecule has 5 aromatic rings. The second-order valence-electron chi connectivity index (χ2n) is 10.6. The fraction of sp³-hybridized carbons (Fsp3) is 0.273. The molecule has 0 aliphatic heterocycles. The van der Waals surface area contributed by atoms with Crippen LogP contribution in [0.25, 0.3) is 28.3 Å². The predicted molar refractivity (Wildman–Crippen MR) is 162 cm³/mol. The average Bonchev–Trinajstić information content (AvgIpc) is 3.47. The maximum atomic E-state index is 15.3. The molecule has 3 heterocycles. The topological polar surface area (TPSA) is 94.9 Å². The van der Waals surface area contributed by atoms with E-state index in [2.05, 4.69) is 10.1 Å². The maximum absolute atomic E-state index is 15.3. The van der Waals surface area contributed by atoms with E-state index >= 15 is 4.39 Å². The number of para-hydroxylation sites is 1. The SMILES string of the molecule is CCc1cccc(CC)c1-n1c(-c2ccn(C(C)C)n2)nc(=O)c(Cc2ccc(-c3cccn(C)c3=O)c(F)c2)c1O. The summed E-state index contributed by atoms with van der Waals surface area (Å²) in [6.45, 7) is 8.06. The van der Waals surface area contributed by atoms with Crippen LogP contribution in [0.15, 0.2) is 76.6 Å². The summed E-state index contributed by atoms with van der Waals surface area (Å²) in [5.74, 6) is -0.622. The minimum absolute atomic E-state index is 0.0396. The van der Waals surface area contributed by atoms with Crippen LogP contribution in [0.5, 0.6) is 5.88 Å². The molecule has 2 aromatic carbocycles. The van der Waals surface area contributed by atoms with Crippen molar-refractivity contribution in [3.8, 4) is 34.2 Å². The van der Waals surface area contributed by atoms with Crippen molar-refractivity contribution < 1.29 is 9.50 Å². The molecule has 0 aliphatic carbocycles. The third-order valence-electron chi connectivity index (χ3n) is 7.54. The number of hydrogen-bond donors (Lipinski definition) is 1. The summed E-state index contributed by atoms with van der Waals surface area (Å²) in [6.07, 6.45) is 4.75. The van der Waals surface area contributed by atoms with E-state index in [-0.39, 0.29) is 46.4 Å². The first kappa shape index (κ1) is 28.7. The highest BCUT2D eigenvalue weighted by Gasteiger charge is 2.24. The van der Waals surface area contributed by atoms with E-state index in [0.29, 0.717) is 24.1 Å². The number of nitrogens with zero attached hydrogens (tertiary/aromatic N) is 5. The zero-order valence-corrected chi connectivity index (χ0v) is 24.4. The Morgan fingerprint density at radius 1 is 0.929 bits per heavy atom. The molecular weight excluding hydrogens is 533 g/mol. The van der Waals surface area contributed by atoms with Crippen molar-refractivity contribution in [2.24, 2.45) is 7.05 Å². The Balaban J connectivity index is 1.68. The minimum Gasteiger partial charge on any atom is -0.494 e. The van der Waals surface area contributed by atoms with Gasteiger partial charge in [-0.25, -0.2) is 4.39 Å². The van der Waals surface area contributed by atoms with Gasteiger partial charge < -0.3 is 9.67 Å². The third-order valence-corrected chi connectivity index (χ3v) is 7.54. The maximum Gasteiger partial charge on any atom is 0.280 e. The lowest BCUT2D eigenvalue weighted by molar-refractivity contribution is 0.428. The first-order chi connectivity index (χ1) is 20.1. The molecule has 0 amide bonds. The van der Waals surface area contributed by atoms with Gasteiger partial charge in [0.15, 0.2) is 5.82 Å². The normalized spacial score (nSPS) is 11.4. The van der Waals surface area contributed by atoms with Gasteiger partial charge in [-0.2, -0.15) is 10.1 Å². The molecule has 42 heavy (non-hydrogen) atoms. The summed E-state index contributed by atoms with van der Waals surface area (Å²) < 4.78 is 20.1. The lowest BCUT2D eigenvalue weighted by atomic mass is 10.00. The fourth-order valence-corrected chi connectivity index (χ4v) is 5.22. The lowest BCUT2D eigenvalue weighted by Gasteiger charge is -2.21. The molecule has 0 radical (unpaired) electrons. The number of aromatic hydroxyl groups is 1. The zero-order valence-electron chi connectivity index (χ0n) is 24.4. The van der Waals surface area contributed by atoms with Gasteiger partial charge in [0.05, 0.1) is 16.8 Å². The highest BCUT2D eigenvalue weighted by Crippen LogP contribution is 2.33. The fourth-order valence-electron chi connectivity index (χ4n) is 5.22. The summed E-state index contributed by atoms with van der Waals surface area (Å²) in [5, 5.41) is 16.4. The van der Waals surface area contributed by atoms with Crippen molar-refractivity contribution in [2.45, 2.75) is 53.0 Å². The molecule has 0 spiro atoms. The van der Waals surface area contributed by atoms with E-state index < -0.39 is 11.4 Å². The van der Waals surface area contributed by atoms with Crippen LogP contribution in [0.1, 0.15) is 56.0 Å². The molecule has 1 N–H and O–H groups in total. The molecule has 0 fully saturated rings. The molecule has 9 heteroatoms. The van der Waals surface area contributed by atoms with Crippen LogP contribution in [0, 0.1) is 5.82 Å². The highest BCUT2D eigenvalue weighted by atomic mass is 19.1. The predicted octanol–water partition coefficient (Wildman–Crippen LogP) is 5.60. The molecule has 0 bridgehead atoms. The number of rotatable bonds is 8. The summed E-state index contributed by atoms with van der Waals surface area (Å²) >= 11 is 0. The van der Waals surface area contributed by atoms with Gasteiger partial charge in [0, 0.05) is 37.5 Å². The van der Waals surface area contributed by atoms with Crippen molar-refractivity contribution in [3.63, 3.8) is 0 Å². The van der Waals surface area contributed by atoms with Gasteiger partial charge in [0.25, 0.3) is 11.1 Å². The Morgan fingerprint density at radius 2 is 1.64 bits per heavy atom. The number of aromatic nitrogens is 5. The molecular formula is C33H34FN5O3. The van der Waals surface area contributed by atoms with E-state index in [1.165, 1.54) is 16.7 Å². The Morgan fingerprint density at radius 3 is 2.26 bits per heavy atom. The largest absolute Gasteiger partial charge is 0.494 e. The first-order valence-electron chi connectivity index (χ1n) is 14.1. The Kier molecular flexibility index (Phi) is 7.93. The van der Waals surface area contributed by atoms with Crippen LogP contribution in [0.2, 0.25) is 0 Å². The number of aryl methyl sites for hydroxylation is 3. The highest BCUT2D eigenvalue weighted by molar-refractivity contribution is 5.64. The number of hydrogen-bond acceptors (Lipinski definition) is 5. The van der Waals surface area contributed by atoms with Crippen molar-refractivity contribution in [1.82, 2.24) is 23.9 Å². The molecule has 3 aromatic heterocycles. The van der Waals surface area contributed by atoms with Crippen LogP contribution in [-0.2, 0) is 26.3 Å². The van der Waals surface area contributed by atoms with E-state index in [0.717, 1.165) is 16.8 Å². The number of halogens is 1. The van der Waals surface area contributed by atoms with Gasteiger partial charge in [0.2, 0.25) is 5.88 Å². The molecule has 5 rings (SSSR count). The third kappa shape index (κ3) is 5.18. The van der Waals surface area contributed by atoms with E-state index in [1.54, 1.807) is 46.8 Å². The smallest absolute Gasteiger partial charge is 0.280 e. The molecule has 0 saturated carbocycles. The average molecular weight is 568 g/mol. The van der Waals surface area contributed by atoms with Crippen LogP contribution in [0.3, 0.4) is 0 Å². The van der Waals surface area contributed by atoms with Gasteiger partial charge in [0.1, 0.15) is 11.5 Å². The molecule has 0 atom stereocenters. The van der Waals surface area contributed by atoms with Gasteiger partial charge >= 0.3 is 0 Å². The van der Waals surface area contributed by atoms with E-state index in [1.807, 2.05) is 52.1 Å². The van der Waals surface area contributed by atoms with E-state index in [4.69, 9.17) is 0 Å². The van der Waals surface area contributed by atoms with Crippen LogP contribution < -0.4 is 11.1 Å². The first-order valence-corrected chi connectivity index (χ1v) is 14.1. The van der Waals surface area contributed by atoms with Crippen LogP contribution in [-0.4, -0.2) is 29.0 Å². The monoisotopic (exact) mass is 567 g/mol. The van der Waals surface area contributed by atoms with Gasteiger partial charge in [-0.05, 0) is 67.6 Å². The summed E-state index contributed by atoms with van der Waals surface area (Å²) in [6, 6.07) is 15.6. The van der Waals surface area contributed by atoms with Crippen molar-refractivity contribution in [3.05, 3.63) is 116 Å². The lowest BCUT2D eigenvalue weighted by Crippen LogP contribution is -2.22. The minimum atomic E-state index is -0.619. The van der Waals surface area contributed by atoms with Crippen molar-refractivity contribution >= 4 is 0 Å². The summed E-state index contributed by atoms with van der Waals surface area (Å²) in [4.78, 5) is 30.5. The number of pyridine rings is 1. The quantitative estimate of drug-likeness (QED) is 0.263. The molecule has 8 nitrogen and oxygen atoms in total. The van der Waals surface area contributed by atoms with Crippen molar-refractivity contribution in [2.75, 3.05) is 0 Å². The second-order valence-corrected chi connectivity index (χ2v) is 10.6. The number of benzene rings is 2. The zero-order chi connectivity index (χ0) is 30.1. The Bertz CT molecular complexity index is 1880.